The molecule has 0 aliphatic rings. The summed E-state index contributed by atoms with van der Waals surface area (Å²) in [5, 5.41) is 3.42. The van der Waals surface area contributed by atoms with Crippen LogP contribution in [0, 0.1) is 0 Å². The molecule has 0 radical (unpaired) electrons. The standard InChI is InChI=1S/C16H25NO/c1-4-5-6-7-8-13-17-15-9-11-16(12-10-15)18-14(2)3/h4,9-12,14,17H,1,5-8,13H2,2-3H3. The summed E-state index contributed by atoms with van der Waals surface area (Å²) >= 11 is 0. The Bertz CT molecular complexity index is 329. The topological polar surface area (TPSA) is 21.3 Å². The van der Waals surface area contributed by atoms with Crippen molar-refractivity contribution in [3.63, 3.8) is 0 Å². The lowest BCUT2D eigenvalue weighted by atomic mass is 10.2. The molecule has 2 nitrogen and oxygen atoms in total. The molecule has 0 saturated heterocycles. The first-order chi connectivity index (χ1) is 8.72. The molecule has 1 aromatic rings. The Morgan fingerprint density at radius 3 is 2.50 bits per heavy atom. The molecule has 0 unspecified atom stereocenters. The Balaban J connectivity index is 2.20. The number of benzene rings is 1. The van der Waals surface area contributed by atoms with Crippen molar-refractivity contribution < 1.29 is 4.74 Å². The summed E-state index contributed by atoms with van der Waals surface area (Å²) in [6.07, 6.45) is 7.05. The van der Waals surface area contributed by atoms with Crippen LogP contribution in [-0.4, -0.2) is 12.6 Å². The molecule has 0 saturated carbocycles. The lowest BCUT2D eigenvalue weighted by molar-refractivity contribution is 0.242. The van der Waals surface area contributed by atoms with E-state index >= 15 is 0 Å². The van der Waals surface area contributed by atoms with Crippen LogP contribution < -0.4 is 10.1 Å². The van der Waals surface area contributed by atoms with Crippen LogP contribution in [0.1, 0.15) is 39.5 Å². The van der Waals surface area contributed by atoms with Gasteiger partial charge in [-0.05, 0) is 57.4 Å². The van der Waals surface area contributed by atoms with Gasteiger partial charge in [-0.25, -0.2) is 0 Å². The third kappa shape index (κ3) is 6.33. The number of hydrogen-bond donors (Lipinski definition) is 1. The van der Waals surface area contributed by atoms with E-state index in [0.29, 0.717) is 0 Å². The van der Waals surface area contributed by atoms with Gasteiger partial charge in [0, 0.05) is 12.2 Å². The average molecular weight is 247 g/mol. The molecule has 0 bridgehead atoms. The molecule has 0 aliphatic carbocycles. The van der Waals surface area contributed by atoms with E-state index in [1.54, 1.807) is 0 Å². The summed E-state index contributed by atoms with van der Waals surface area (Å²) in [5.41, 5.74) is 1.16. The summed E-state index contributed by atoms with van der Waals surface area (Å²) in [5.74, 6) is 0.932. The predicted octanol–water partition coefficient (Wildman–Crippen LogP) is 4.63. The Kier molecular flexibility index (Phi) is 7.00. The lowest BCUT2D eigenvalue weighted by Crippen LogP contribution is -2.05. The van der Waals surface area contributed by atoms with Gasteiger partial charge < -0.3 is 10.1 Å². The fourth-order valence-electron chi connectivity index (χ4n) is 1.75. The van der Waals surface area contributed by atoms with Crippen LogP contribution in [0.3, 0.4) is 0 Å². The van der Waals surface area contributed by atoms with Crippen molar-refractivity contribution in [2.75, 3.05) is 11.9 Å². The molecule has 0 aliphatic heterocycles. The highest BCUT2D eigenvalue weighted by Crippen LogP contribution is 2.16. The minimum Gasteiger partial charge on any atom is -0.491 e. The molecule has 18 heavy (non-hydrogen) atoms. The van der Waals surface area contributed by atoms with E-state index in [9.17, 15) is 0 Å². The van der Waals surface area contributed by atoms with Crippen molar-refractivity contribution in [1.82, 2.24) is 0 Å². The van der Waals surface area contributed by atoms with Crippen LogP contribution in [-0.2, 0) is 0 Å². The summed E-state index contributed by atoms with van der Waals surface area (Å²) in [7, 11) is 0. The lowest BCUT2D eigenvalue weighted by Gasteiger charge is -2.11. The summed E-state index contributed by atoms with van der Waals surface area (Å²) < 4.78 is 5.60. The molecule has 1 N–H and O–H groups in total. The van der Waals surface area contributed by atoms with E-state index in [1.165, 1.54) is 19.3 Å². The zero-order chi connectivity index (χ0) is 13.2. The normalized spacial score (nSPS) is 10.4. The van der Waals surface area contributed by atoms with Gasteiger partial charge in [-0.1, -0.05) is 12.5 Å². The first-order valence-electron chi connectivity index (χ1n) is 6.84. The highest BCUT2D eigenvalue weighted by atomic mass is 16.5. The molecule has 0 amide bonds. The Hall–Kier alpha value is -1.44. The second-order valence-corrected chi connectivity index (χ2v) is 4.76. The molecule has 0 fully saturated rings. The maximum Gasteiger partial charge on any atom is 0.119 e. The summed E-state index contributed by atoms with van der Waals surface area (Å²) in [4.78, 5) is 0. The average Bonchev–Trinajstić information content (AvgIpc) is 2.35. The smallest absolute Gasteiger partial charge is 0.119 e. The number of hydrogen-bond acceptors (Lipinski definition) is 2. The largest absolute Gasteiger partial charge is 0.491 e. The summed E-state index contributed by atoms with van der Waals surface area (Å²) in [6.45, 7) is 8.83. The van der Waals surface area contributed by atoms with Gasteiger partial charge in [-0.15, -0.1) is 6.58 Å². The number of nitrogens with one attached hydrogen (secondary N) is 1. The minimum atomic E-state index is 0.230. The summed E-state index contributed by atoms with van der Waals surface area (Å²) in [6, 6.07) is 8.17. The van der Waals surface area contributed by atoms with Gasteiger partial charge in [0.2, 0.25) is 0 Å². The highest BCUT2D eigenvalue weighted by Gasteiger charge is 1.97. The molecule has 100 valence electrons. The first-order valence-corrected chi connectivity index (χ1v) is 6.84. The molecule has 1 rings (SSSR count). The third-order valence-corrected chi connectivity index (χ3v) is 2.64. The fraction of sp³-hybridized carbons (Fsp3) is 0.500. The van der Waals surface area contributed by atoms with Crippen molar-refractivity contribution in [1.29, 1.82) is 0 Å². The molecular formula is C16H25NO. The van der Waals surface area contributed by atoms with Gasteiger partial charge in [0.25, 0.3) is 0 Å². The van der Waals surface area contributed by atoms with Crippen LogP contribution in [0.25, 0.3) is 0 Å². The molecule has 0 aromatic heterocycles. The maximum atomic E-state index is 5.60. The van der Waals surface area contributed by atoms with Crippen molar-refractivity contribution >= 4 is 5.69 Å². The van der Waals surface area contributed by atoms with Crippen molar-refractivity contribution in [2.24, 2.45) is 0 Å². The molecule has 0 atom stereocenters. The van der Waals surface area contributed by atoms with Crippen molar-refractivity contribution in [3.8, 4) is 5.75 Å². The monoisotopic (exact) mass is 247 g/mol. The van der Waals surface area contributed by atoms with Gasteiger partial charge in [0.1, 0.15) is 5.75 Å². The van der Waals surface area contributed by atoms with Crippen LogP contribution in [0.5, 0.6) is 5.75 Å². The Labute approximate surface area is 111 Å². The van der Waals surface area contributed by atoms with Gasteiger partial charge in [0.05, 0.1) is 6.10 Å². The van der Waals surface area contributed by atoms with Crippen LogP contribution >= 0.6 is 0 Å². The Morgan fingerprint density at radius 1 is 1.17 bits per heavy atom. The zero-order valence-corrected chi connectivity index (χ0v) is 11.6. The SMILES string of the molecule is C=CCCCCCNc1ccc(OC(C)C)cc1. The molecule has 0 heterocycles. The second-order valence-electron chi connectivity index (χ2n) is 4.76. The van der Waals surface area contributed by atoms with E-state index in [0.717, 1.165) is 24.4 Å². The first kappa shape index (κ1) is 14.6. The van der Waals surface area contributed by atoms with E-state index in [2.05, 4.69) is 24.0 Å². The fourth-order valence-corrected chi connectivity index (χ4v) is 1.75. The van der Waals surface area contributed by atoms with E-state index in [-0.39, 0.29) is 6.10 Å². The number of ether oxygens (including phenoxy) is 1. The van der Waals surface area contributed by atoms with Crippen molar-refractivity contribution in [2.45, 2.75) is 45.6 Å². The van der Waals surface area contributed by atoms with Crippen LogP contribution in [0.4, 0.5) is 5.69 Å². The van der Waals surface area contributed by atoms with E-state index < -0.39 is 0 Å². The second kappa shape index (κ2) is 8.62. The van der Waals surface area contributed by atoms with Crippen LogP contribution in [0.2, 0.25) is 0 Å². The van der Waals surface area contributed by atoms with E-state index in [1.807, 2.05) is 32.1 Å². The Morgan fingerprint density at radius 2 is 1.89 bits per heavy atom. The number of rotatable bonds is 9. The molecule has 2 heteroatoms. The predicted molar refractivity (Wildman–Crippen MR) is 79.4 cm³/mol. The number of allylic oxidation sites excluding steroid dienone is 1. The van der Waals surface area contributed by atoms with Gasteiger partial charge in [-0.2, -0.15) is 0 Å². The third-order valence-electron chi connectivity index (χ3n) is 2.64. The molecule has 0 spiro atoms. The quantitative estimate of drug-likeness (QED) is 0.507. The van der Waals surface area contributed by atoms with Gasteiger partial charge in [0.15, 0.2) is 0 Å². The van der Waals surface area contributed by atoms with E-state index in [4.69, 9.17) is 4.74 Å². The van der Waals surface area contributed by atoms with Crippen molar-refractivity contribution in [3.05, 3.63) is 36.9 Å². The highest BCUT2D eigenvalue weighted by molar-refractivity contribution is 5.46. The zero-order valence-electron chi connectivity index (χ0n) is 11.6. The maximum absolute atomic E-state index is 5.60. The van der Waals surface area contributed by atoms with Gasteiger partial charge in [-0.3, -0.25) is 0 Å². The number of anilines is 1. The van der Waals surface area contributed by atoms with Gasteiger partial charge >= 0.3 is 0 Å². The number of unbranched alkanes of at least 4 members (excludes halogenated alkanes) is 3. The minimum absolute atomic E-state index is 0.230. The van der Waals surface area contributed by atoms with Crippen LogP contribution in [0.15, 0.2) is 36.9 Å². The molecule has 1 aromatic carbocycles. The molecular weight excluding hydrogens is 222 g/mol.